The molecule has 0 amide bonds. The van der Waals surface area contributed by atoms with Crippen LogP contribution in [0.5, 0.6) is 23.0 Å². The van der Waals surface area contributed by atoms with Gasteiger partial charge >= 0.3 is 29.8 Å². The van der Waals surface area contributed by atoms with Crippen LogP contribution in [0.2, 0.25) is 0 Å². The molecule has 0 aliphatic rings. The Kier molecular flexibility index (Phi) is 10.2. The van der Waals surface area contributed by atoms with E-state index in [2.05, 4.69) is 0 Å². The lowest BCUT2D eigenvalue weighted by Crippen LogP contribution is -2.34. The van der Waals surface area contributed by atoms with Crippen molar-refractivity contribution in [2.45, 2.75) is 12.3 Å². The van der Waals surface area contributed by atoms with E-state index in [9.17, 15) is 49.5 Å². The first kappa shape index (κ1) is 37.0. The molecule has 0 radical (unpaired) electrons. The third-order valence-electron chi connectivity index (χ3n) is 9.04. The maximum Gasteiger partial charge on any atom is 0.336 e. The van der Waals surface area contributed by atoms with E-state index in [1.165, 1.54) is 67.6 Å². The molecular formula is C43H30O12. The van der Waals surface area contributed by atoms with Crippen molar-refractivity contribution in [1.29, 1.82) is 0 Å². The Morgan fingerprint density at radius 2 is 0.745 bits per heavy atom. The van der Waals surface area contributed by atoms with Crippen molar-refractivity contribution in [1.82, 2.24) is 0 Å². The van der Waals surface area contributed by atoms with E-state index in [-0.39, 0.29) is 22.6 Å². The first-order valence-electron chi connectivity index (χ1n) is 16.5. The zero-order valence-corrected chi connectivity index (χ0v) is 28.8. The summed E-state index contributed by atoms with van der Waals surface area (Å²) in [7, 11) is 0. The number of hydrogen-bond donors (Lipinski definition) is 5. The molecule has 55 heavy (non-hydrogen) atoms. The van der Waals surface area contributed by atoms with Crippen LogP contribution in [0.4, 0.5) is 0 Å². The summed E-state index contributed by atoms with van der Waals surface area (Å²) >= 11 is 0. The smallest absolute Gasteiger partial charge is 0.336 e. The maximum absolute atomic E-state index is 13.6. The van der Waals surface area contributed by atoms with E-state index in [1.54, 1.807) is 72.8 Å². The van der Waals surface area contributed by atoms with Crippen LogP contribution >= 0.6 is 0 Å². The van der Waals surface area contributed by atoms with E-state index in [0.717, 1.165) is 0 Å². The Morgan fingerprint density at radius 1 is 0.418 bits per heavy atom. The van der Waals surface area contributed by atoms with Crippen molar-refractivity contribution in [3.8, 4) is 45.3 Å². The van der Waals surface area contributed by atoms with Crippen LogP contribution < -0.4 is 9.47 Å². The molecule has 12 nitrogen and oxygen atoms in total. The molecule has 0 aliphatic carbocycles. The molecule has 274 valence electrons. The van der Waals surface area contributed by atoms with Gasteiger partial charge in [-0.05, 0) is 89.8 Å². The van der Waals surface area contributed by atoms with E-state index in [0.29, 0.717) is 33.8 Å². The van der Waals surface area contributed by atoms with Crippen molar-refractivity contribution < 1.29 is 59.0 Å². The summed E-state index contributed by atoms with van der Waals surface area (Å²) < 4.78 is 12.7. The van der Waals surface area contributed by atoms with Gasteiger partial charge in [0.2, 0.25) is 0 Å². The largest absolute Gasteiger partial charge is 0.480 e. The van der Waals surface area contributed by atoms with Gasteiger partial charge in [0.05, 0.1) is 22.3 Å². The fourth-order valence-electron chi connectivity index (χ4n) is 6.18. The van der Waals surface area contributed by atoms with E-state index in [4.69, 9.17) is 9.47 Å². The number of carbonyl (C=O) groups is 5. The minimum absolute atomic E-state index is 0.0814. The third kappa shape index (κ3) is 7.46. The lowest BCUT2D eigenvalue weighted by molar-refractivity contribution is -0.141. The predicted octanol–water partition coefficient (Wildman–Crippen LogP) is 8.79. The molecule has 0 aromatic heterocycles. The predicted molar refractivity (Wildman–Crippen MR) is 199 cm³/mol. The molecule has 5 N–H and O–H groups in total. The van der Waals surface area contributed by atoms with Gasteiger partial charge in [-0.3, -0.25) is 4.79 Å². The second-order valence-corrected chi connectivity index (χ2v) is 12.4. The van der Waals surface area contributed by atoms with Crippen LogP contribution in [0.1, 0.15) is 59.5 Å². The zero-order valence-electron chi connectivity index (χ0n) is 28.8. The van der Waals surface area contributed by atoms with Gasteiger partial charge in [0.25, 0.3) is 0 Å². The Labute approximate surface area is 312 Å². The molecule has 0 atom stereocenters. The third-order valence-corrected chi connectivity index (χ3v) is 9.04. The number of aromatic carboxylic acids is 4. The monoisotopic (exact) mass is 738 g/mol. The summed E-state index contributed by atoms with van der Waals surface area (Å²) in [6.07, 6.45) is 0. The lowest BCUT2D eigenvalue weighted by atomic mass is 9.74. The Balaban J connectivity index is 1.57. The number of carboxylic acid groups (broad SMARTS) is 5. The molecule has 6 aromatic rings. The molecule has 0 saturated heterocycles. The van der Waals surface area contributed by atoms with Gasteiger partial charge in [-0.25, -0.2) is 19.2 Å². The number of ether oxygens (including phenoxy) is 2. The number of carboxylic acids is 5. The fraction of sp³-hybridized carbons (Fsp3) is 0.0465. The molecule has 0 fully saturated rings. The minimum Gasteiger partial charge on any atom is -0.480 e. The van der Waals surface area contributed by atoms with Crippen LogP contribution in [0.15, 0.2) is 133 Å². The first-order chi connectivity index (χ1) is 26.3. The average molecular weight is 739 g/mol. The van der Waals surface area contributed by atoms with Crippen molar-refractivity contribution in [2.24, 2.45) is 0 Å². The molecule has 6 rings (SSSR count). The standard InChI is InChI=1S/C43H30O12/c1-43(42(52)53,34-18-14-26(22-36(34)54-28-8-4-2-5-9-28)24-12-16-30(38(44)45)32(20-24)40(48)49)35-19-15-27(23-37(35)55-29-10-6-3-7-11-29)25-13-17-31(39(46)47)33(21-25)41(50)51/h2-23H,1H3,(H,44,45)(H,46,47)(H,48,49)(H,50,51)(H,52,53). The highest BCUT2D eigenvalue weighted by Crippen LogP contribution is 2.46. The topological polar surface area (TPSA) is 205 Å². The first-order valence-corrected chi connectivity index (χ1v) is 16.5. The summed E-state index contributed by atoms with van der Waals surface area (Å²) in [6, 6.07) is 34.0. The highest BCUT2D eigenvalue weighted by atomic mass is 16.5. The zero-order chi connectivity index (χ0) is 39.4. The van der Waals surface area contributed by atoms with Crippen molar-refractivity contribution in [3.63, 3.8) is 0 Å². The molecule has 0 bridgehead atoms. The highest BCUT2D eigenvalue weighted by Gasteiger charge is 2.42. The van der Waals surface area contributed by atoms with Gasteiger partial charge in [-0.2, -0.15) is 0 Å². The van der Waals surface area contributed by atoms with Gasteiger partial charge in [-0.15, -0.1) is 0 Å². The van der Waals surface area contributed by atoms with Gasteiger partial charge in [-0.1, -0.05) is 72.8 Å². The minimum atomic E-state index is -1.91. The Hall–Kier alpha value is -7.73. The molecule has 12 heteroatoms. The van der Waals surface area contributed by atoms with Crippen molar-refractivity contribution >= 4 is 29.8 Å². The molecule has 6 aromatic carbocycles. The molecule has 0 heterocycles. The number of aliphatic carboxylic acids is 1. The van der Waals surface area contributed by atoms with Crippen molar-refractivity contribution in [3.05, 3.63) is 167 Å². The number of benzene rings is 6. The van der Waals surface area contributed by atoms with Crippen molar-refractivity contribution in [2.75, 3.05) is 0 Å². The molecule has 0 spiro atoms. The molecule has 0 saturated carbocycles. The highest BCUT2D eigenvalue weighted by molar-refractivity contribution is 6.03. The van der Waals surface area contributed by atoms with Gasteiger partial charge in [0.15, 0.2) is 0 Å². The summed E-state index contributed by atoms with van der Waals surface area (Å²) in [5.74, 6) is -6.14. The number of para-hydroxylation sites is 2. The summed E-state index contributed by atoms with van der Waals surface area (Å²) in [5, 5.41) is 49.7. The molecule has 0 aliphatic heterocycles. The van der Waals surface area contributed by atoms with Crippen LogP contribution in [0.3, 0.4) is 0 Å². The van der Waals surface area contributed by atoms with Crippen LogP contribution in [-0.2, 0) is 10.2 Å². The Bertz CT molecular complexity index is 2330. The SMILES string of the molecule is CC(C(=O)O)(c1ccc(-c2ccc(C(=O)O)c(C(=O)O)c2)cc1Oc1ccccc1)c1ccc(-c2ccc(C(=O)O)c(C(=O)O)c2)cc1Oc1ccccc1. The van der Waals surface area contributed by atoms with Crippen LogP contribution in [0, 0.1) is 0 Å². The quantitative estimate of drug-likeness (QED) is 0.0754. The van der Waals surface area contributed by atoms with E-state index >= 15 is 0 Å². The van der Waals surface area contributed by atoms with E-state index < -0.39 is 57.5 Å². The van der Waals surface area contributed by atoms with Crippen LogP contribution in [-0.4, -0.2) is 55.4 Å². The number of hydrogen-bond acceptors (Lipinski definition) is 7. The average Bonchev–Trinajstić information content (AvgIpc) is 3.17. The second-order valence-electron chi connectivity index (χ2n) is 12.4. The van der Waals surface area contributed by atoms with E-state index in [1.807, 2.05) is 0 Å². The molecule has 0 unspecified atom stereocenters. The normalized spacial score (nSPS) is 11.0. The Morgan fingerprint density at radius 3 is 1.07 bits per heavy atom. The lowest BCUT2D eigenvalue weighted by Gasteiger charge is -2.30. The van der Waals surface area contributed by atoms with Crippen LogP contribution in [0.25, 0.3) is 22.3 Å². The molecular weight excluding hydrogens is 708 g/mol. The van der Waals surface area contributed by atoms with Gasteiger partial charge in [0.1, 0.15) is 28.4 Å². The summed E-state index contributed by atoms with van der Waals surface area (Å²) in [6.45, 7) is 1.46. The summed E-state index contributed by atoms with van der Waals surface area (Å²) in [4.78, 5) is 61.0. The second kappa shape index (κ2) is 15.1. The van der Waals surface area contributed by atoms with Gasteiger partial charge < -0.3 is 35.0 Å². The fourth-order valence-corrected chi connectivity index (χ4v) is 6.18. The maximum atomic E-state index is 13.6. The summed E-state index contributed by atoms with van der Waals surface area (Å²) in [5.41, 5.74) is -1.81. The van der Waals surface area contributed by atoms with Gasteiger partial charge in [0, 0.05) is 11.1 Å². The number of rotatable bonds is 13.